The number of pyridine rings is 1. The van der Waals surface area contributed by atoms with Crippen molar-refractivity contribution in [1.82, 2.24) is 19.9 Å². The van der Waals surface area contributed by atoms with Crippen LogP contribution in [0.3, 0.4) is 0 Å². The van der Waals surface area contributed by atoms with Gasteiger partial charge in [-0.1, -0.05) is 20.4 Å². The molecule has 2 heterocycles. The second-order valence-electron chi connectivity index (χ2n) is 9.07. The van der Waals surface area contributed by atoms with Crippen molar-refractivity contribution >= 4 is 28.5 Å². The summed E-state index contributed by atoms with van der Waals surface area (Å²) < 4.78 is 73.0. The van der Waals surface area contributed by atoms with Crippen molar-refractivity contribution in [1.29, 1.82) is 0 Å². The van der Waals surface area contributed by atoms with Crippen LogP contribution in [0.5, 0.6) is 0 Å². The molecule has 0 atom stereocenters. The van der Waals surface area contributed by atoms with Gasteiger partial charge in [0.2, 0.25) is 0 Å². The molecule has 200 valence electrons. The molecule has 3 aromatic rings. The van der Waals surface area contributed by atoms with Gasteiger partial charge in [-0.05, 0) is 43.5 Å². The number of benzene rings is 1. The molecule has 3 rings (SSSR count). The van der Waals surface area contributed by atoms with Crippen LogP contribution in [-0.4, -0.2) is 34.2 Å². The van der Waals surface area contributed by atoms with E-state index >= 15 is 4.39 Å². The average molecular weight is 525 g/mol. The maximum absolute atomic E-state index is 16.0. The number of rotatable bonds is 9. The lowest BCUT2D eigenvalue weighted by Gasteiger charge is -2.20. The van der Waals surface area contributed by atoms with Crippen molar-refractivity contribution in [3.8, 4) is 11.3 Å². The van der Waals surface area contributed by atoms with Crippen LogP contribution in [0.25, 0.3) is 28.2 Å². The fourth-order valence-electron chi connectivity index (χ4n) is 4.05. The van der Waals surface area contributed by atoms with Crippen LogP contribution in [-0.2, 0) is 13.2 Å². The molecule has 12 heteroatoms. The highest BCUT2D eigenvalue weighted by Crippen LogP contribution is 2.43. The summed E-state index contributed by atoms with van der Waals surface area (Å²) in [5, 5.41) is 6.28. The summed E-state index contributed by atoms with van der Waals surface area (Å²) in [5.74, 6) is -1.93. The molecule has 0 bridgehead atoms. The molecule has 37 heavy (non-hydrogen) atoms. The third-order valence-corrected chi connectivity index (χ3v) is 5.96. The van der Waals surface area contributed by atoms with Crippen LogP contribution >= 0.6 is 0 Å². The number of alkyl halides is 3. The van der Waals surface area contributed by atoms with Gasteiger partial charge in [-0.3, -0.25) is 4.57 Å². The maximum Gasteiger partial charge on any atom is 0.417 e. The fraction of sp³-hybridized carbons (Fsp3) is 0.400. The van der Waals surface area contributed by atoms with E-state index < -0.39 is 51.6 Å². The largest absolute Gasteiger partial charge is 0.417 e. The minimum Gasteiger partial charge on any atom is -0.396 e. The van der Waals surface area contributed by atoms with Crippen molar-refractivity contribution in [2.24, 2.45) is 13.0 Å². The Bertz CT molecular complexity index is 1400. The lowest BCUT2D eigenvalue weighted by atomic mass is 9.95. The van der Waals surface area contributed by atoms with E-state index in [1.807, 2.05) is 0 Å². The van der Waals surface area contributed by atoms with E-state index in [1.165, 1.54) is 13.1 Å². The summed E-state index contributed by atoms with van der Waals surface area (Å²) in [7, 11) is 1.24. The van der Waals surface area contributed by atoms with Crippen LogP contribution in [0.1, 0.15) is 37.1 Å². The fourth-order valence-corrected chi connectivity index (χ4v) is 4.05. The SMILES string of the molecule is C=Cc1nc(-c2cc(N)c(F)c(C)c2C(F)(F)F)c(F)c2c1c(NCCNCCC(C)C)nc(=O)n2C. The van der Waals surface area contributed by atoms with E-state index in [0.29, 0.717) is 25.1 Å². The van der Waals surface area contributed by atoms with Gasteiger partial charge in [0, 0.05) is 25.7 Å². The monoisotopic (exact) mass is 524 g/mol. The second kappa shape index (κ2) is 10.8. The van der Waals surface area contributed by atoms with Crippen molar-refractivity contribution in [3.63, 3.8) is 0 Å². The van der Waals surface area contributed by atoms with Crippen molar-refractivity contribution in [3.05, 3.63) is 51.6 Å². The highest BCUT2D eigenvalue weighted by molar-refractivity contribution is 5.97. The van der Waals surface area contributed by atoms with E-state index in [2.05, 4.69) is 41.0 Å². The van der Waals surface area contributed by atoms with E-state index in [1.54, 1.807) is 0 Å². The lowest BCUT2D eigenvalue weighted by Crippen LogP contribution is -2.27. The zero-order valence-corrected chi connectivity index (χ0v) is 21.0. The van der Waals surface area contributed by atoms with Gasteiger partial charge in [0.15, 0.2) is 5.82 Å². The quantitative estimate of drug-likeness (QED) is 0.210. The number of nitrogens with one attached hydrogen (secondary N) is 2. The minimum absolute atomic E-state index is 0.0153. The number of halogens is 5. The molecular formula is C25H29F5N6O. The molecule has 0 spiro atoms. The van der Waals surface area contributed by atoms with E-state index in [4.69, 9.17) is 5.73 Å². The Labute approximate surface area is 210 Å². The Kier molecular flexibility index (Phi) is 8.21. The number of aromatic nitrogens is 3. The van der Waals surface area contributed by atoms with Crippen LogP contribution in [0.15, 0.2) is 17.4 Å². The number of fused-ring (bicyclic) bond motifs is 1. The molecule has 0 aliphatic rings. The molecule has 0 aliphatic carbocycles. The first-order valence-corrected chi connectivity index (χ1v) is 11.6. The topological polar surface area (TPSA) is 97.9 Å². The van der Waals surface area contributed by atoms with Gasteiger partial charge in [-0.15, -0.1) is 0 Å². The molecule has 0 radical (unpaired) electrons. The Morgan fingerprint density at radius 1 is 1.16 bits per heavy atom. The molecule has 0 fully saturated rings. The van der Waals surface area contributed by atoms with Crippen molar-refractivity contribution in [2.45, 2.75) is 33.4 Å². The molecular weight excluding hydrogens is 495 g/mol. The smallest absolute Gasteiger partial charge is 0.396 e. The van der Waals surface area contributed by atoms with Gasteiger partial charge in [0.05, 0.1) is 27.8 Å². The van der Waals surface area contributed by atoms with Crippen LogP contribution < -0.4 is 22.1 Å². The number of nitrogen functional groups attached to an aromatic ring is 1. The molecule has 1 aromatic carbocycles. The van der Waals surface area contributed by atoms with E-state index in [0.717, 1.165) is 24.5 Å². The predicted molar refractivity (Wildman–Crippen MR) is 135 cm³/mol. The number of aryl methyl sites for hydroxylation is 1. The summed E-state index contributed by atoms with van der Waals surface area (Å²) in [6.07, 6.45) is -2.85. The number of nitrogens with zero attached hydrogens (tertiary/aromatic N) is 3. The molecule has 7 nitrogen and oxygen atoms in total. The number of hydrogen-bond acceptors (Lipinski definition) is 6. The Morgan fingerprint density at radius 3 is 2.43 bits per heavy atom. The van der Waals surface area contributed by atoms with Gasteiger partial charge in [0.1, 0.15) is 17.3 Å². The Hall–Kier alpha value is -3.54. The van der Waals surface area contributed by atoms with Crippen LogP contribution in [0, 0.1) is 24.5 Å². The molecule has 0 unspecified atom stereocenters. The lowest BCUT2D eigenvalue weighted by molar-refractivity contribution is -0.137. The summed E-state index contributed by atoms with van der Waals surface area (Å²) in [6, 6.07) is 0.691. The van der Waals surface area contributed by atoms with Crippen molar-refractivity contribution < 1.29 is 22.0 Å². The third kappa shape index (κ3) is 5.58. The first-order valence-electron chi connectivity index (χ1n) is 11.6. The van der Waals surface area contributed by atoms with Gasteiger partial charge in [-0.2, -0.15) is 18.2 Å². The Morgan fingerprint density at radius 2 is 1.84 bits per heavy atom. The van der Waals surface area contributed by atoms with Crippen molar-refractivity contribution in [2.75, 3.05) is 30.7 Å². The molecule has 0 saturated carbocycles. The van der Waals surface area contributed by atoms with Crippen LogP contribution in [0.4, 0.5) is 33.5 Å². The molecule has 0 saturated heterocycles. The van der Waals surface area contributed by atoms with E-state index in [-0.39, 0.29) is 22.4 Å². The normalized spacial score (nSPS) is 11.9. The molecule has 4 N–H and O–H groups in total. The summed E-state index contributed by atoms with van der Waals surface area (Å²) in [5.41, 5.74) is 0.119. The van der Waals surface area contributed by atoms with Crippen LogP contribution in [0.2, 0.25) is 0 Å². The first-order chi connectivity index (χ1) is 17.3. The number of anilines is 2. The molecule has 2 aromatic heterocycles. The highest BCUT2D eigenvalue weighted by atomic mass is 19.4. The standard InChI is InChI=1S/C25H29F5N6O/c1-6-16-17-22(36(5)24(37)35-23(17)33-10-9-32-8-7-12(2)3)20(27)21(34-16)14-11-15(31)19(26)13(4)18(14)25(28,29)30/h6,11-12,32H,1,7-10,31H2,2-5H3,(H,33,35,37). The Balaban J connectivity index is 2.22. The maximum atomic E-state index is 16.0. The zero-order chi connectivity index (χ0) is 27.7. The number of hydrogen-bond donors (Lipinski definition) is 3. The predicted octanol–water partition coefficient (Wildman–Crippen LogP) is 4.87. The van der Waals surface area contributed by atoms with Gasteiger partial charge < -0.3 is 16.4 Å². The highest BCUT2D eigenvalue weighted by Gasteiger charge is 2.39. The van der Waals surface area contributed by atoms with E-state index in [9.17, 15) is 22.4 Å². The third-order valence-electron chi connectivity index (χ3n) is 5.96. The molecule has 0 aliphatic heterocycles. The van der Waals surface area contributed by atoms with Gasteiger partial charge in [-0.25, -0.2) is 18.6 Å². The summed E-state index contributed by atoms with van der Waals surface area (Å²) >= 11 is 0. The minimum atomic E-state index is -5.04. The number of nitrogens with two attached hydrogens (primary N) is 1. The van der Waals surface area contributed by atoms with Gasteiger partial charge in [0.25, 0.3) is 0 Å². The first kappa shape index (κ1) is 28.0. The summed E-state index contributed by atoms with van der Waals surface area (Å²) in [6.45, 7) is 10.4. The zero-order valence-electron chi connectivity index (χ0n) is 21.0. The average Bonchev–Trinajstić information content (AvgIpc) is 2.81. The second-order valence-corrected chi connectivity index (χ2v) is 9.07. The van der Waals surface area contributed by atoms with Gasteiger partial charge >= 0.3 is 11.9 Å². The summed E-state index contributed by atoms with van der Waals surface area (Å²) in [4.78, 5) is 20.6. The molecule has 0 amide bonds.